The minimum absolute atomic E-state index is 0.248. The van der Waals surface area contributed by atoms with Crippen molar-refractivity contribution in [2.45, 2.75) is 13.0 Å². The number of aliphatic hydroxyl groups excluding tert-OH is 1. The van der Waals surface area contributed by atoms with Crippen LogP contribution in [0, 0.1) is 17.1 Å². The molecule has 2 aromatic rings. The fourth-order valence-corrected chi connectivity index (χ4v) is 2.15. The van der Waals surface area contributed by atoms with E-state index in [1.807, 2.05) is 6.07 Å². The third-order valence-electron chi connectivity index (χ3n) is 3.17. The van der Waals surface area contributed by atoms with Crippen molar-refractivity contribution in [2.75, 3.05) is 11.9 Å². The van der Waals surface area contributed by atoms with Crippen molar-refractivity contribution in [3.05, 3.63) is 59.4 Å². The first-order chi connectivity index (χ1) is 9.54. The highest BCUT2D eigenvalue weighted by molar-refractivity contribution is 5.67. The highest BCUT2D eigenvalue weighted by atomic mass is 19.1. The normalized spacial score (nSPS) is 11.8. The van der Waals surface area contributed by atoms with E-state index >= 15 is 0 Å². The van der Waals surface area contributed by atoms with Crippen LogP contribution in [0.25, 0.3) is 0 Å². The van der Waals surface area contributed by atoms with E-state index in [9.17, 15) is 9.50 Å². The van der Waals surface area contributed by atoms with Crippen molar-refractivity contribution >= 4 is 11.4 Å². The van der Waals surface area contributed by atoms with Gasteiger partial charge in [-0.1, -0.05) is 12.1 Å². The fraction of sp³-hybridized carbons (Fsp3) is 0.188. The van der Waals surface area contributed by atoms with Gasteiger partial charge in [0.1, 0.15) is 5.82 Å². The maximum atomic E-state index is 13.9. The van der Waals surface area contributed by atoms with Gasteiger partial charge in [0.25, 0.3) is 0 Å². The number of rotatable bonds is 3. The summed E-state index contributed by atoms with van der Waals surface area (Å²) in [6.45, 7) is 1.53. The lowest BCUT2D eigenvalue weighted by atomic mass is 10.1. The van der Waals surface area contributed by atoms with Gasteiger partial charge in [0.05, 0.1) is 17.7 Å². The minimum Gasteiger partial charge on any atom is -0.389 e. The zero-order valence-corrected chi connectivity index (χ0v) is 11.3. The minimum atomic E-state index is -0.909. The predicted molar refractivity (Wildman–Crippen MR) is 76.3 cm³/mol. The van der Waals surface area contributed by atoms with Crippen LogP contribution in [0.4, 0.5) is 15.8 Å². The van der Waals surface area contributed by atoms with Gasteiger partial charge in [0.15, 0.2) is 0 Å². The van der Waals surface area contributed by atoms with Crippen LogP contribution in [0.15, 0.2) is 42.5 Å². The van der Waals surface area contributed by atoms with Gasteiger partial charge in [-0.2, -0.15) is 5.26 Å². The van der Waals surface area contributed by atoms with E-state index in [4.69, 9.17) is 5.26 Å². The molecule has 0 saturated carbocycles. The Balaban J connectivity index is 2.51. The lowest BCUT2D eigenvalue weighted by Gasteiger charge is -2.24. The van der Waals surface area contributed by atoms with Crippen molar-refractivity contribution in [1.82, 2.24) is 0 Å². The third kappa shape index (κ3) is 2.63. The van der Waals surface area contributed by atoms with E-state index in [1.165, 1.54) is 13.0 Å². The van der Waals surface area contributed by atoms with E-state index in [0.29, 0.717) is 11.3 Å². The van der Waals surface area contributed by atoms with Crippen LogP contribution < -0.4 is 4.90 Å². The van der Waals surface area contributed by atoms with Gasteiger partial charge in [-0.15, -0.1) is 0 Å². The van der Waals surface area contributed by atoms with Crippen LogP contribution in [0.1, 0.15) is 24.2 Å². The van der Waals surface area contributed by atoms with Crippen LogP contribution in [0.2, 0.25) is 0 Å². The Bertz CT molecular complexity index is 662. The second-order valence-corrected chi connectivity index (χ2v) is 4.57. The summed E-state index contributed by atoms with van der Waals surface area (Å²) in [5, 5.41) is 18.7. The van der Waals surface area contributed by atoms with Crippen LogP contribution in [-0.2, 0) is 0 Å². The molecule has 0 bridgehead atoms. The lowest BCUT2D eigenvalue weighted by molar-refractivity contribution is 0.194. The Kier molecular flexibility index (Phi) is 4.02. The summed E-state index contributed by atoms with van der Waals surface area (Å²) < 4.78 is 13.9. The molecule has 2 aromatic carbocycles. The van der Waals surface area contributed by atoms with Gasteiger partial charge in [-0.3, -0.25) is 0 Å². The number of halogens is 1. The molecule has 0 aromatic heterocycles. The van der Waals surface area contributed by atoms with E-state index in [0.717, 1.165) is 5.69 Å². The quantitative estimate of drug-likeness (QED) is 0.928. The highest BCUT2D eigenvalue weighted by Crippen LogP contribution is 2.32. The molecule has 0 aliphatic rings. The molecule has 3 nitrogen and oxygen atoms in total. The van der Waals surface area contributed by atoms with Crippen molar-refractivity contribution in [2.24, 2.45) is 0 Å². The van der Waals surface area contributed by atoms with E-state index in [1.54, 1.807) is 42.3 Å². The summed E-state index contributed by atoms with van der Waals surface area (Å²) >= 11 is 0. The zero-order chi connectivity index (χ0) is 14.7. The molecule has 0 amide bonds. The van der Waals surface area contributed by atoms with Gasteiger partial charge in [0, 0.05) is 24.0 Å². The summed E-state index contributed by atoms with van der Waals surface area (Å²) in [6, 6.07) is 13.8. The molecule has 102 valence electrons. The molecule has 0 unspecified atom stereocenters. The number of hydrogen-bond donors (Lipinski definition) is 1. The molecule has 0 fully saturated rings. The summed E-state index contributed by atoms with van der Waals surface area (Å²) in [5.74, 6) is -0.444. The average molecular weight is 270 g/mol. The molecule has 20 heavy (non-hydrogen) atoms. The molecule has 0 radical (unpaired) electrons. The van der Waals surface area contributed by atoms with E-state index in [-0.39, 0.29) is 5.56 Å². The van der Waals surface area contributed by atoms with Gasteiger partial charge >= 0.3 is 0 Å². The molecular formula is C16H15FN2O. The van der Waals surface area contributed by atoms with Crippen molar-refractivity contribution in [1.29, 1.82) is 5.26 Å². The Labute approximate surface area is 117 Å². The molecule has 1 atom stereocenters. The predicted octanol–water partition coefficient (Wildman–Crippen LogP) is 3.52. The summed E-state index contributed by atoms with van der Waals surface area (Å²) in [4.78, 5) is 1.76. The number of benzene rings is 2. The molecule has 0 aliphatic carbocycles. The molecule has 2 rings (SSSR count). The molecule has 1 N–H and O–H groups in total. The fourth-order valence-electron chi connectivity index (χ4n) is 2.15. The van der Waals surface area contributed by atoms with Crippen molar-refractivity contribution in [3.63, 3.8) is 0 Å². The third-order valence-corrected chi connectivity index (χ3v) is 3.17. The number of aliphatic hydroxyl groups is 1. The highest BCUT2D eigenvalue weighted by Gasteiger charge is 2.17. The van der Waals surface area contributed by atoms with Crippen LogP contribution >= 0.6 is 0 Å². The Morgan fingerprint density at radius 1 is 1.25 bits per heavy atom. The number of nitriles is 1. The molecule has 4 heteroatoms. The molecular weight excluding hydrogens is 255 g/mol. The number of hydrogen-bond acceptors (Lipinski definition) is 3. The summed E-state index contributed by atoms with van der Waals surface area (Å²) in [6.07, 6.45) is -0.909. The van der Waals surface area contributed by atoms with Gasteiger partial charge < -0.3 is 10.0 Å². The molecule has 0 saturated heterocycles. The maximum Gasteiger partial charge on any atom is 0.131 e. The van der Waals surface area contributed by atoms with Crippen molar-refractivity contribution < 1.29 is 9.50 Å². The molecule has 0 spiro atoms. The topological polar surface area (TPSA) is 47.3 Å². The van der Waals surface area contributed by atoms with Gasteiger partial charge in [-0.05, 0) is 37.3 Å². The maximum absolute atomic E-state index is 13.9. The number of anilines is 2. The summed E-state index contributed by atoms with van der Waals surface area (Å²) in [5.41, 5.74) is 2.12. The smallest absolute Gasteiger partial charge is 0.131 e. The Hall–Kier alpha value is -2.38. The lowest BCUT2D eigenvalue weighted by Crippen LogP contribution is -2.14. The Morgan fingerprint density at radius 3 is 2.60 bits per heavy atom. The second kappa shape index (κ2) is 5.72. The van der Waals surface area contributed by atoms with E-state index < -0.39 is 11.9 Å². The standard InChI is InChI=1S/C16H15FN2O/c1-11(20)16-14(17)7-4-8-15(16)19(2)13-6-3-5-12(9-13)10-18/h3-9,11,20H,1-2H3/t11-/m1/s1. The van der Waals surface area contributed by atoms with Crippen molar-refractivity contribution in [3.8, 4) is 6.07 Å². The summed E-state index contributed by atoms with van der Waals surface area (Å²) in [7, 11) is 1.77. The van der Waals surface area contributed by atoms with Crippen LogP contribution in [-0.4, -0.2) is 12.2 Å². The second-order valence-electron chi connectivity index (χ2n) is 4.57. The SMILES string of the molecule is C[C@@H](O)c1c(F)cccc1N(C)c1cccc(C#N)c1. The van der Waals surface area contributed by atoms with Crippen LogP contribution in [0.3, 0.4) is 0 Å². The molecule has 0 aliphatic heterocycles. The molecule has 0 heterocycles. The monoisotopic (exact) mass is 270 g/mol. The zero-order valence-electron chi connectivity index (χ0n) is 11.3. The first kappa shape index (κ1) is 14.0. The number of nitrogens with zero attached hydrogens (tertiary/aromatic N) is 2. The average Bonchev–Trinajstić information content (AvgIpc) is 2.45. The first-order valence-corrected chi connectivity index (χ1v) is 6.25. The van der Waals surface area contributed by atoms with E-state index in [2.05, 4.69) is 6.07 Å². The Morgan fingerprint density at radius 2 is 1.95 bits per heavy atom. The van der Waals surface area contributed by atoms with Crippen LogP contribution in [0.5, 0.6) is 0 Å². The van der Waals surface area contributed by atoms with Gasteiger partial charge in [0.2, 0.25) is 0 Å². The first-order valence-electron chi connectivity index (χ1n) is 6.25. The largest absolute Gasteiger partial charge is 0.389 e. The van der Waals surface area contributed by atoms with Gasteiger partial charge in [-0.25, -0.2) is 4.39 Å².